The molecule has 4 nitrogen and oxygen atoms in total. The van der Waals surface area contributed by atoms with E-state index in [1.54, 1.807) is 12.1 Å². The highest BCUT2D eigenvalue weighted by molar-refractivity contribution is 6.33. The van der Waals surface area contributed by atoms with E-state index >= 15 is 0 Å². The van der Waals surface area contributed by atoms with Gasteiger partial charge in [0.25, 0.3) is 5.91 Å². The van der Waals surface area contributed by atoms with Crippen LogP contribution in [0.3, 0.4) is 0 Å². The van der Waals surface area contributed by atoms with Crippen molar-refractivity contribution in [3.63, 3.8) is 0 Å². The molecule has 3 rings (SSSR count). The Balaban J connectivity index is 1.48. The average Bonchev–Trinajstić information content (AvgIpc) is 2.57. The molecule has 0 unspecified atom stereocenters. The molecular weight excluding hydrogens is 312 g/mol. The Bertz CT molecular complexity index is 536. The van der Waals surface area contributed by atoms with Crippen molar-refractivity contribution in [3.05, 3.63) is 34.9 Å². The van der Waals surface area contributed by atoms with Crippen LogP contribution in [0.15, 0.2) is 24.3 Å². The summed E-state index contributed by atoms with van der Waals surface area (Å²) in [6.45, 7) is 3.74. The number of halogens is 1. The van der Waals surface area contributed by atoms with E-state index in [0.717, 1.165) is 51.9 Å². The third-order valence-electron chi connectivity index (χ3n) is 4.88. The van der Waals surface area contributed by atoms with E-state index in [2.05, 4.69) is 11.9 Å². The van der Waals surface area contributed by atoms with E-state index in [1.165, 1.54) is 0 Å². The molecule has 5 heteroatoms. The Labute approximate surface area is 143 Å². The molecule has 0 aromatic heterocycles. The van der Waals surface area contributed by atoms with Gasteiger partial charge in [-0.15, -0.1) is 0 Å². The van der Waals surface area contributed by atoms with Gasteiger partial charge in [0.1, 0.15) is 0 Å². The van der Waals surface area contributed by atoms with Crippen molar-refractivity contribution >= 4 is 17.5 Å². The third kappa shape index (κ3) is 4.25. The van der Waals surface area contributed by atoms with Crippen LogP contribution in [-0.2, 0) is 4.74 Å². The second kappa shape index (κ2) is 7.65. The summed E-state index contributed by atoms with van der Waals surface area (Å²) in [7, 11) is 2.16. The zero-order valence-corrected chi connectivity index (χ0v) is 14.5. The van der Waals surface area contributed by atoms with Crippen LogP contribution < -0.4 is 0 Å². The fourth-order valence-corrected chi connectivity index (χ4v) is 3.61. The van der Waals surface area contributed by atoms with Crippen LogP contribution in [0, 0.1) is 0 Å². The minimum absolute atomic E-state index is 0.0355. The van der Waals surface area contributed by atoms with Crippen LogP contribution in [0.4, 0.5) is 0 Å². The summed E-state index contributed by atoms with van der Waals surface area (Å²) in [4.78, 5) is 16.8. The van der Waals surface area contributed by atoms with Crippen LogP contribution in [0.2, 0.25) is 5.02 Å². The zero-order chi connectivity index (χ0) is 16.2. The van der Waals surface area contributed by atoms with Gasteiger partial charge >= 0.3 is 0 Å². The standard InChI is InChI=1S/C18H25ClN2O2/c1-20-10-6-14(7-11-20)23-15-8-12-21(13-9-15)18(22)16-4-2-3-5-17(16)19/h2-5,14-15H,6-13H2,1H3. The average molecular weight is 337 g/mol. The van der Waals surface area contributed by atoms with E-state index in [9.17, 15) is 4.79 Å². The number of nitrogens with zero attached hydrogens (tertiary/aromatic N) is 2. The first-order chi connectivity index (χ1) is 11.1. The van der Waals surface area contributed by atoms with E-state index in [0.29, 0.717) is 22.8 Å². The Kier molecular flexibility index (Phi) is 5.57. The molecule has 1 aromatic rings. The Morgan fingerprint density at radius 2 is 1.61 bits per heavy atom. The summed E-state index contributed by atoms with van der Waals surface area (Å²) in [5.41, 5.74) is 0.601. The number of ether oxygens (including phenoxy) is 1. The maximum atomic E-state index is 12.5. The Morgan fingerprint density at radius 1 is 1.04 bits per heavy atom. The molecular formula is C18H25ClN2O2. The normalized spacial score (nSPS) is 21.6. The van der Waals surface area contributed by atoms with E-state index in [1.807, 2.05) is 17.0 Å². The molecule has 2 aliphatic rings. The van der Waals surface area contributed by atoms with Gasteiger partial charge in [0.15, 0.2) is 0 Å². The molecule has 0 N–H and O–H groups in total. The van der Waals surface area contributed by atoms with Gasteiger partial charge in [-0.25, -0.2) is 0 Å². The number of benzene rings is 1. The van der Waals surface area contributed by atoms with E-state index in [-0.39, 0.29) is 5.91 Å². The number of likely N-dealkylation sites (tertiary alicyclic amines) is 2. The molecule has 2 aliphatic heterocycles. The lowest BCUT2D eigenvalue weighted by Gasteiger charge is -2.36. The first-order valence-corrected chi connectivity index (χ1v) is 8.89. The lowest BCUT2D eigenvalue weighted by Crippen LogP contribution is -2.43. The van der Waals surface area contributed by atoms with Gasteiger partial charge < -0.3 is 14.5 Å². The van der Waals surface area contributed by atoms with Gasteiger partial charge in [-0.2, -0.15) is 0 Å². The summed E-state index contributed by atoms with van der Waals surface area (Å²) in [5.74, 6) is 0.0355. The summed E-state index contributed by atoms with van der Waals surface area (Å²) >= 11 is 6.13. The van der Waals surface area contributed by atoms with Gasteiger partial charge in [-0.3, -0.25) is 4.79 Å². The predicted octanol–water partition coefficient (Wildman–Crippen LogP) is 3.06. The quantitative estimate of drug-likeness (QED) is 0.850. The molecule has 0 saturated carbocycles. The van der Waals surface area contributed by atoms with Crippen molar-refractivity contribution in [2.24, 2.45) is 0 Å². The van der Waals surface area contributed by atoms with Crippen molar-refractivity contribution < 1.29 is 9.53 Å². The summed E-state index contributed by atoms with van der Waals surface area (Å²) in [6.07, 6.45) is 4.76. The molecule has 0 radical (unpaired) electrons. The smallest absolute Gasteiger partial charge is 0.255 e. The van der Waals surface area contributed by atoms with Crippen LogP contribution in [0.1, 0.15) is 36.0 Å². The second-order valence-electron chi connectivity index (χ2n) is 6.61. The molecule has 2 heterocycles. The van der Waals surface area contributed by atoms with Crippen molar-refractivity contribution in [1.82, 2.24) is 9.80 Å². The molecule has 0 atom stereocenters. The van der Waals surface area contributed by atoms with E-state index in [4.69, 9.17) is 16.3 Å². The highest BCUT2D eigenvalue weighted by atomic mass is 35.5. The fraction of sp³-hybridized carbons (Fsp3) is 0.611. The minimum Gasteiger partial charge on any atom is -0.375 e. The lowest BCUT2D eigenvalue weighted by atomic mass is 10.0. The van der Waals surface area contributed by atoms with Gasteiger partial charge in [0.05, 0.1) is 22.8 Å². The number of carbonyl (C=O) groups excluding carboxylic acids is 1. The molecule has 1 aromatic carbocycles. The molecule has 126 valence electrons. The molecule has 0 spiro atoms. The first-order valence-electron chi connectivity index (χ1n) is 8.51. The van der Waals surface area contributed by atoms with Crippen LogP contribution in [0.5, 0.6) is 0 Å². The van der Waals surface area contributed by atoms with Crippen LogP contribution in [0.25, 0.3) is 0 Å². The number of hydrogen-bond donors (Lipinski definition) is 0. The first kappa shape index (κ1) is 16.7. The van der Waals surface area contributed by atoms with Crippen molar-refractivity contribution in [2.75, 3.05) is 33.2 Å². The monoisotopic (exact) mass is 336 g/mol. The number of rotatable bonds is 3. The van der Waals surface area contributed by atoms with Gasteiger partial charge in [-0.1, -0.05) is 23.7 Å². The highest BCUT2D eigenvalue weighted by Gasteiger charge is 2.27. The molecule has 0 aliphatic carbocycles. The number of amides is 1. The number of piperidine rings is 2. The SMILES string of the molecule is CN1CCC(OC2CCN(C(=O)c3ccccc3Cl)CC2)CC1. The Morgan fingerprint density at radius 3 is 2.22 bits per heavy atom. The van der Waals surface area contributed by atoms with Crippen molar-refractivity contribution in [1.29, 1.82) is 0 Å². The van der Waals surface area contributed by atoms with E-state index < -0.39 is 0 Å². The topological polar surface area (TPSA) is 32.8 Å². The third-order valence-corrected chi connectivity index (χ3v) is 5.21. The minimum atomic E-state index is 0.0355. The number of hydrogen-bond acceptors (Lipinski definition) is 3. The maximum absolute atomic E-state index is 12.5. The zero-order valence-electron chi connectivity index (χ0n) is 13.7. The molecule has 2 saturated heterocycles. The van der Waals surface area contributed by atoms with Gasteiger partial charge in [0, 0.05) is 26.2 Å². The Hall–Kier alpha value is -1.10. The van der Waals surface area contributed by atoms with Crippen molar-refractivity contribution in [3.8, 4) is 0 Å². The number of carbonyl (C=O) groups is 1. The van der Waals surface area contributed by atoms with Gasteiger partial charge in [-0.05, 0) is 44.9 Å². The predicted molar refractivity (Wildman–Crippen MR) is 92.0 cm³/mol. The fourth-order valence-electron chi connectivity index (χ4n) is 3.39. The molecule has 0 bridgehead atoms. The molecule has 1 amide bonds. The summed E-state index contributed by atoms with van der Waals surface area (Å²) in [5, 5.41) is 0.530. The van der Waals surface area contributed by atoms with Crippen molar-refractivity contribution in [2.45, 2.75) is 37.9 Å². The maximum Gasteiger partial charge on any atom is 0.255 e. The van der Waals surface area contributed by atoms with Gasteiger partial charge in [0.2, 0.25) is 0 Å². The van der Waals surface area contributed by atoms with Crippen LogP contribution in [-0.4, -0.2) is 61.1 Å². The molecule has 2 fully saturated rings. The molecule has 23 heavy (non-hydrogen) atoms. The second-order valence-corrected chi connectivity index (χ2v) is 7.02. The lowest BCUT2D eigenvalue weighted by molar-refractivity contribution is -0.0599. The largest absolute Gasteiger partial charge is 0.375 e. The summed E-state index contributed by atoms with van der Waals surface area (Å²) < 4.78 is 6.25. The summed E-state index contributed by atoms with van der Waals surface area (Å²) in [6, 6.07) is 7.27. The van der Waals surface area contributed by atoms with Crippen LogP contribution >= 0.6 is 11.6 Å². The highest BCUT2D eigenvalue weighted by Crippen LogP contribution is 2.23.